The molecule has 1 heterocycles. The summed E-state index contributed by atoms with van der Waals surface area (Å²) in [5, 5.41) is 14.0. The summed E-state index contributed by atoms with van der Waals surface area (Å²) in [5.74, 6) is 0.729. The van der Waals surface area contributed by atoms with Crippen LogP contribution in [0.25, 0.3) is 11.0 Å². The Kier molecular flexibility index (Phi) is 7.12. The number of unbranched alkanes of at least 4 members (excludes halogenated alkanes) is 2. The predicted octanol–water partition coefficient (Wildman–Crippen LogP) is 3.27. The summed E-state index contributed by atoms with van der Waals surface area (Å²) >= 11 is 0. The van der Waals surface area contributed by atoms with Gasteiger partial charge in [0.25, 0.3) is 0 Å². The Balaban J connectivity index is 1.55. The molecule has 3 aromatic rings. The molecule has 29 heavy (non-hydrogen) atoms. The fourth-order valence-corrected chi connectivity index (χ4v) is 3.44. The molecule has 156 valence electrons. The summed E-state index contributed by atoms with van der Waals surface area (Å²) in [6.07, 6.45) is 2.93. The molecule has 2 N–H and O–H groups in total. The van der Waals surface area contributed by atoms with Crippen LogP contribution in [0.2, 0.25) is 0 Å². The molecule has 2 aromatic carbocycles. The summed E-state index contributed by atoms with van der Waals surface area (Å²) < 4.78 is 8.95. The third-order valence-corrected chi connectivity index (χ3v) is 5.30. The van der Waals surface area contributed by atoms with Crippen molar-refractivity contribution in [3.05, 3.63) is 64.1 Å². The minimum Gasteiger partial charge on any atom is -0.491 e. The van der Waals surface area contributed by atoms with Gasteiger partial charge in [-0.2, -0.15) is 0 Å². The number of nitrogens with one attached hydrogen (secondary N) is 1. The zero-order valence-corrected chi connectivity index (χ0v) is 17.5. The van der Waals surface area contributed by atoms with E-state index in [9.17, 15) is 9.90 Å². The van der Waals surface area contributed by atoms with Gasteiger partial charge in [-0.1, -0.05) is 38.0 Å². The molecular weight excluding hydrogens is 366 g/mol. The number of benzene rings is 2. The van der Waals surface area contributed by atoms with Gasteiger partial charge in [0.2, 0.25) is 0 Å². The van der Waals surface area contributed by atoms with Crippen LogP contribution < -0.4 is 15.7 Å². The van der Waals surface area contributed by atoms with Crippen molar-refractivity contribution in [2.75, 3.05) is 13.2 Å². The van der Waals surface area contributed by atoms with E-state index in [1.165, 1.54) is 24.8 Å². The second-order valence-electron chi connectivity index (χ2n) is 7.50. The van der Waals surface area contributed by atoms with Gasteiger partial charge < -0.3 is 15.2 Å². The average Bonchev–Trinajstić information content (AvgIpc) is 2.96. The number of ether oxygens (including phenoxy) is 1. The summed E-state index contributed by atoms with van der Waals surface area (Å²) in [6, 6.07) is 13.5. The van der Waals surface area contributed by atoms with Crippen molar-refractivity contribution in [2.45, 2.75) is 38.8 Å². The van der Waals surface area contributed by atoms with E-state index in [4.69, 9.17) is 4.74 Å². The van der Waals surface area contributed by atoms with Gasteiger partial charge in [-0.3, -0.25) is 9.13 Å². The Hall–Kier alpha value is -2.57. The van der Waals surface area contributed by atoms with E-state index in [0.717, 1.165) is 35.4 Å². The van der Waals surface area contributed by atoms with Crippen LogP contribution in [0.5, 0.6) is 5.75 Å². The first kappa shape index (κ1) is 21.1. The summed E-state index contributed by atoms with van der Waals surface area (Å²) in [7, 11) is 3.48. The van der Waals surface area contributed by atoms with E-state index >= 15 is 0 Å². The van der Waals surface area contributed by atoms with E-state index in [1.54, 1.807) is 23.2 Å². The van der Waals surface area contributed by atoms with Crippen LogP contribution in [-0.4, -0.2) is 27.4 Å². The van der Waals surface area contributed by atoms with Crippen LogP contribution in [0.3, 0.4) is 0 Å². The Bertz CT molecular complexity index is 989. The first-order chi connectivity index (χ1) is 14.0. The lowest BCUT2D eigenvalue weighted by Gasteiger charge is -2.13. The first-order valence-corrected chi connectivity index (χ1v) is 10.3. The minimum absolute atomic E-state index is 0.0807. The monoisotopic (exact) mass is 397 g/mol. The maximum Gasteiger partial charge on any atom is 0.328 e. The van der Waals surface area contributed by atoms with Crippen LogP contribution in [0, 0.1) is 0 Å². The molecule has 0 saturated heterocycles. The van der Waals surface area contributed by atoms with Crippen molar-refractivity contribution in [1.82, 2.24) is 14.5 Å². The van der Waals surface area contributed by atoms with Crippen molar-refractivity contribution in [3.63, 3.8) is 0 Å². The standard InChI is InChI=1S/C23H31N3O3/c1-4-5-6-13-24-15-17-7-10-19(11-8-17)29-16-22(27)18-9-12-20-21(14-18)26(3)23(28)25(20)2/h7-12,14,22,24,27H,4-6,13,15-16H2,1-3H3/t22-/m0/s1. The fourth-order valence-electron chi connectivity index (χ4n) is 3.44. The molecule has 0 amide bonds. The summed E-state index contributed by atoms with van der Waals surface area (Å²) in [6.45, 7) is 4.25. The quantitative estimate of drug-likeness (QED) is 0.515. The number of nitrogens with zero attached hydrogens (tertiary/aromatic N) is 2. The highest BCUT2D eigenvalue weighted by molar-refractivity contribution is 5.76. The molecule has 0 aliphatic rings. The molecule has 6 heteroatoms. The van der Waals surface area contributed by atoms with Crippen LogP contribution in [0.1, 0.15) is 43.4 Å². The number of imidazole rings is 1. The molecule has 0 fully saturated rings. The minimum atomic E-state index is -0.769. The Morgan fingerprint density at radius 1 is 1.03 bits per heavy atom. The fraction of sp³-hybridized carbons (Fsp3) is 0.435. The molecular formula is C23H31N3O3. The molecule has 6 nitrogen and oxygen atoms in total. The van der Waals surface area contributed by atoms with E-state index in [0.29, 0.717) is 0 Å². The molecule has 1 aromatic heterocycles. The van der Waals surface area contributed by atoms with E-state index < -0.39 is 6.10 Å². The number of hydrogen-bond donors (Lipinski definition) is 2. The van der Waals surface area contributed by atoms with Gasteiger partial charge in [0, 0.05) is 20.6 Å². The molecule has 0 bridgehead atoms. The highest BCUT2D eigenvalue weighted by atomic mass is 16.5. The predicted molar refractivity (Wildman–Crippen MR) is 116 cm³/mol. The van der Waals surface area contributed by atoms with Crippen molar-refractivity contribution in [1.29, 1.82) is 0 Å². The van der Waals surface area contributed by atoms with Gasteiger partial charge in [0.1, 0.15) is 18.5 Å². The van der Waals surface area contributed by atoms with E-state index in [2.05, 4.69) is 12.2 Å². The van der Waals surface area contributed by atoms with Gasteiger partial charge in [-0.25, -0.2) is 4.79 Å². The highest BCUT2D eigenvalue weighted by Crippen LogP contribution is 2.21. The van der Waals surface area contributed by atoms with Gasteiger partial charge in [0.15, 0.2) is 0 Å². The second kappa shape index (κ2) is 9.76. The lowest BCUT2D eigenvalue weighted by atomic mass is 10.1. The molecule has 0 spiro atoms. The summed E-state index contributed by atoms with van der Waals surface area (Å²) in [4.78, 5) is 12.1. The number of aryl methyl sites for hydroxylation is 2. The van der Waals surface area contributed by atoms with Crippen molar-refractivity contribution < 1.29 is 9.84 Å². The molecule has 0 aliphatic heterocycles. The first-order valence-electron chi connectivity index (χ1n) is 10.3. The topological polar surface area (TPSA) is 68.4 Å². The lowest BCUT2D eigenvalue weighted by Crippen LogP contribution is -2.19. The highest BCUT2D eigenvalue weighted by Gasteiger charge is 2.13. The normalized spacial score (nSPS) is 12.4. The van der Waals surface area contributed by atoms with E-state index in [-0.39, 0.29) is 12.3 Å². The van der Waals surface area contributed by atoms with Crippen LogP contribution >= 0.6 is 0 Å². The number of rotatable bonds is 10. The molecule has 0 unspecified atom stereocenters. The van der Waals surface area contributed by atoms with Gasteiger partial charge in [0.05, 0.1) is 11.0 Å². The number of hydrogen-bond acceptors (Lipinski definition) is 4. The van der Waals surface area contributed by atoms with Crippen LogP contribution in [0.15, 0.2) is 47.3 Å². The Morgan fingerprint density at radius 3 is 2.48 bits per heavy atom. The van der Waals surface area contributed by atoms with Crippen molar-refractivity contribution >= 4 is 11.0 Å². The largest absolute Gasteiger partial charge is 0.491 e. The third kappa shape index (κ3) is 5.08. The van der Waals surface area contributed by atoms with Crippen molar-refractivity contribution in [2.24, 2.45) is 14.1 Å². The van der Waals surface area contributed by atoms with Crippen molar-refractivity contribution in [3.8, 4) is 5.75 Å². The smallest absolute Gasteiger partial charge is 0.328 e. The zero-order valence-electron chi connectivity index (χ0n) is 17.5. The summed E-state index contributed by atoms with van der Waals surface area (Å²) in [5.41, 5.74) is 3.50. The molecule has 3 rings (SSSR count). The maximum atomic E-state index is 12.1. The average molecular weight is 398 g/mol. The Morgan fingerprint density at radius 2 is 1.76 bits per heavy atom. The molecule has 0 aliphatic carbocycles. The maximum absolute atomic E-state index is 12.1. The van der Waals surface area contributed by atoms with Gasteiger partial charge in [-0.15, -0.1) is 0 Å². The van der Waals surface area contributed by atoms with Crippen LogP contribution in [-0.2, 0) is 20.6 Å². The Labute approximate surface area is 171 Å². The third-order valence-electron chi connectivity index (χ3n) is 5.30. The van der Waals surface area contributed by atoms with Crippen LogP contribution in [0.4, 0.5) is 0 Å². The van der Waals surface area contributed by atoms with Gasteiger partial charge in [-0.05, 0) is 48.4 Å². The zero-order chi connectivity index (χ0) is 20.8. The molecule has 0 saturated carbocycles. The van der Waals surface area contributed by atoms with Gasteiger partial charge >= 0.3 is 5.69 Å². The number of aliphatic hydroxyl groups excluding tert-OH is 1. The lowest BCUT2D eigenvalue weighted by molar-refractivity contribution is 0.108. The SMILES string of the molecule is CCCCCNCc1ccc(OC[C@H](O)c2ccc3c(c2)n(C)c(=O)n3C)cc1. The number of aromatic nitrogens is 2. The second-order valence-corrected chi connectivity index (χ2v) is 7.50. The number of fused-ring (bicyclic) bond motifs is 1. The molecule has 1 atom stereocenters. The molecule has 0 radical (unpaired) electrons. The van der Waals surface area contributed by atoms with E-state index in [1.807, 2.05) is 42.5 Å². The number of aliphatic hydroxyl groups is 1.